The lowest BCUT2D eigenvalue weighted by Gasteiger charge is -2.34. The molecule has 1 atom stereocenters. The molecular weight excluding hydrogens is 252 g/mol. The first kappa shape index (κ1) is 13.3. The summed E-state index contributed by atoms with van der Waals surface area (Å²) in [5.74, 6) is 1.67. The minimum atomic E-state index is -1.01. The zero-order valence-corrected chi connectivity index (χ0v) is 12.2. The topological polar surface area (TPSA) is 42.6 Å². The zero-order chi connectivity index (χ0) is 14.3. The van der Waals surface area contributed by atoms with E-state index in [2.05, 4.69) is 6.92 Å². The molecule has 1 aromatic heterocycles. The number of hydrogen-bond donors (Lipinski definition) is 1. The molecule has 3 nitrogen and oxygen atoms in total. The van der Waals surface area contributed by atoms with Crippen molar-refractivity contribution >= 4 is 0 Å². The monoisotopic (exact) mass is 272 g/mol. The van der Waals surface area contributed by atoms with Gasteiger partial charge in [-0.25, -0.2) is 0 Å². The molecule has 1 aliphatic rings. The summed E-state index contributed by atoms with van der Waals surface area (Å²) < 4.78 is 11.1. The summed E-state index contributed by atoms with van der Waals surface area (Å²) in [6.45, 7) is 4.08. The summed E-state index contributed by atoms with van der Waals surface area (Å²) in [6, 6.07) is 5.89. The van der Waals surface area contributed by atoms with Gasteiger partial charge in [-0.1, -0.05) is 12.1 Å². The Balaban J connectivity index is 2.22. The maximum atomic E-state index is 11.3. The Morgan fingerprint density at radius 3 is 2.75 bits per heavy atom. The average Bonchev–Trinajstić information content (AvgIpc) is 2.91. The Morgan fingerprint density at radius 2 is 2.00 bits per heavy atom. The molecule has 0 bridgehead atoms. The Bertz CT molecular complexity index is 642. The molecule has 1 aliphatic carbocycles. The van der Waals surface area contributed by atoms with Crippen LogP contribution in [0.3, 0.4) is 0 Å². The first-order chi connectivity index (χ1) is 9.58. The van der Waals surface area contributed by atoms with Crippen molar-refractivity contribution in [2.75, 3.05) is 7.11 Å². The highest BCUT2D eigenvalue weighted by Crippen LogP contribution is 2.45. The Labute approximate surface area is 119 Å². The SMILES string of the molecule is COc1c(C2(O)CCCc3occc32)ccc(C)c1C. The highest BCUT2D eigenvalue weighted by atomic mass is 16.5. The largest absolute Gasteiger partial charge is 0.496 e. The lowest BCUT2D eigenvalue weighted by molar-refractivity contribution is 0.0563. The number of hydrogen-bond acceptors (Lipinski definition) is 3. The molecular formula is C17H20O3. The molecule has 1 N–H and O–H groups in total. The smallest absolute Gasteiger partial charge is 0.128 e. The van der Waals surface area contributed by atoms with Crippen molar-refractivity contribution in [2.24, 2.45) is 0 Å². The van der Waals surface area contributed by atoms with Crippen LogP contribution in [-0.2, 0) is 12.0 Å². The van der Waals surface area contributed by atoms with Gasteiger partial charge in [-0.15, -0.1) is 0 Å². The predicted molar refractivity (Wildman–Crippen MR) is 77.1 cm³/mol. The van der Waals surface area contributed by atoms with Crippen LogP contribution in [0.1, 0.15) is 40.9 Å². The van der Waals surface area contributed by atoms with E-state index in [1.54, 1.807) is 13.4 Å². The molecule has 1 heterocycles. The molecule has 0 radical (unpaired) electrons. The second kappa shape index (κ2) is 4.67. The third-order valence-corrected chi connectivity index (χ3v) is 4.46. The molecule has 0 amide bonds. The summed E-state index contributed by atoms with van der Waals surface area (Å²) >= 11 is 0. The maximum absolute atomic E-state index is 11.3. The minimum Gasteiger partial charge on any atom is -0.496 e. The fourth-order valence-corrected chi connectivity index (χ4v) is 3.20. The van der Waals surface area contributed by atoms with Crippen LogP contribution in [0.25, 0.3) is 0 Å². The molecule has 3 heteroatoms. The van der Waals surface area contributed by atoms with E-state index in [9.17, 15) is 5.11 Å². The van der Waals surface area contributed by atoms with E-state index in [1.807, 2.05) is 25.1 Å². The van der Waals surface area contributed by atoms with E-state index in [1.165, 1.54) is 0 Å². The van der Waals surface area contributed by atoms with Gasteiger partial charge >= 0.3 is 0 Å². The van der Waals surface area contributed by atoms with Crippen molar-refractivity contribution in [3.8, 4) is 5.75 Å². The molecule has 1 aromatic carbocycles. The van der Waals surface area contributed by atoms with E-state index in [0.29, 0.717) is 6.42 Å². The number of aliphatic hydroxyl groups is 1. The van der Waals surface area contributed by atoms with Gasteiger partial charge in [-0.2, -0.15) is 0 Å². The molecule has 2 aromatic rings. The first-order valence-corrected chi connectivity index (χ1v) is 7.02. The molecule has 0 spiro atoms. The fourth-order valence-electron chi connectivity index (χ4n) is 3.20. The highest BCUT2D eigenvalue weighted by Gasteiger charge is 2.40. The van der Waals surface area contributed by atoms with E-state index in [-0.39, 0.29) is 0 Å². The van der Waals surface area contributed by atoms with Gasteiger partial charge in [0.05, 0.1) is 13.4 Å². The zero-order valence-electron chi connectivity index (χ0n) is 12.2. The van der Waals surface area contributed by atoms with Gasteiger partial charge in [0.15, 0.2) is 0 Å². The lowest BCUT2D eigenvalue weighted by atomic mass is 9.77. The van der Waals surface area contributed by atoms with Crippen LogP contribution >= 0.6 is 0 Å². The molecule has 0 aliphatic heterocycles. The van der Waals surface area contributed by atoms with E-state index < -0.39 is 5.60 Å². The summed E-state index contributed by atoms with van der Waals surface area (Å²) in [5, 5.41) is 11.3. The van der Waals surface area contributed by atoms with Gasteiger partial charge in [-0.05, 0) is 43.9 Å². The quantitative estimate of drug-likeness (QED) is 0.910. The Kier molecular flexibility index (Phi) is 3.09. The van der Waals surface area contributed by atoms with Crippen molar-refractivity contribution in [2.45, 2.75) is 38.7 Å². The van der Waals surface area contributed by atoms with Gasteiger partial charge in [-0.3, -0.25) is 0 Å². The molecule has 0 saturated carbocycles. The fraction of sp³-hybridized carbons (Fsp3) is 0.412. The number of methoxy groups -OCH3 is 1. The van der Waals surface area contributed by atoms with Crippen LogP contribution in [0.15, 0.2) is 28.9 Å². The van der Waals surface area contributed by atoms with E-state index in [4.69, 9.17) is 9.15 Å². The third kappa shape index (κ3) is 1.77. The van der Waals surface area contributed by atoms with Crippen LogP contribution in [0.4, 0.5) is 0 Å². The number of benzene rings is 1. The Morgan fingerprint density at radius 1 is 1.20 bits per heavy atom. The second-order valence-electron chi connectivity index (χ2n) is 5.56. The summed E-state index contributed by atoms with van der Waals surface area (Å²) in [5.41, 5.74) is 2.95. The summed E-state index contributed by atoms with van der Waals surface area (Å²) in [7, 11) is 1.66. The van der Waals surface area contributed by atoms with Gasteiger partial charge < -0.3 is 14.3 Å². The molecule has 1 unspecified atom stereocenters. The summed E-state index contributed by atoms with van der Waals surface area (Å²) in [4.78, 5) is 0. The summed E-state index contributed by atoms with van der Waals surface area (Å²) in [6.07, 6.45) is 4.15. The minimum absolute atomic E-state index is 0.693. The molecule has 3 rings (SSSR count). The highest BCUT2D eigenvalue weighted by molar-refractivity contribution is 5.52. The molecule has 20 heavy (non-hydrogen) atoms. The van der Waals surface area contributed by atoms with Gasteiger partial charge in [0, 0.05) is 17.5 Å². The lowest BCUT2D eigenvalue weighted by Crippen LogP contribution is -2.31. The van der Waals surface area contributed by atoms with Gasteiger partial charge in [0.2, 0.25) is 0 Å². The van der Waals surface area contributed by atoms with Gasteiger partial charge in [0.1, 0.15) is 17.1 Å². The van der Waals surface area contributed by atoms with Crippen molar-refractivity contribution in [1.29, 1.82) is 0 Å². The molecule has 0 saturated heterocycles. The van der Waals surface area contributed by atoms with Crippen molar-refractivity contribution in [3.63, 3.8) is 0 Å². The van der Waals surface area contributed by atoms with Crippen molar-refractivity contribution in [3.05, 3.63) is 52.5 Å². The first-order valence-electron chi connectivity index (χ1n) is 7.02. The number of rotatable bonds is 2. The average molecular weight is 272 g/mol. The number of furan rings is 1. The third-order valence-electron chi connectivity index (χ3n) is 4.46. The van der Waals surface area contributed by atoms with E-state index >= 15 is 0 Å². The van der Waals surface area contributed by atoms with Crippen LogP contribution in [-0.4, -0.2) is 12.2 Å². The van der Waals surface area contributed by atoms with E-state index in [0.717, 1.165) is 46.6 Å². The molecule has 0 fully saturated rings. The number of ether oxygens (including phenoxy) is 1. The van der Waals surface area contributed by atoms with Crippen molar-refractivity contribution in [1.82, 2.24) is 0 Å². The van der Waals surface area contributed by atoms with Crippen LogP contribution < -0.4 is 4.74 Å². The second-order valence-corrected chi connectivity index (χ2v) is 5.56. The van der Waals surface area contributed by atoms with Crippen LogP contribution in [0, 0.1) is 13.8 Å². The van der Waals surface area contributed by atoms with Crippen LogP contribution in [0.2, 0.25) is 0 Å². The number of fused-ring (bicyclic) bond motifs is 1. The Hall–Kier alpha value is -1.74. The standard InChI is InChI=1S/C17H20O3/c1-11-6-7-14(16(19-3)12(11)2)17(18)9-4-5-15-13(17)8-10-20-15/h6-8,10,18H,4-5,9H2,1-3H3. The maximum Gasteiger partial charge on any atom is 0.128 e. The molecule has 106 valence electrons. The van der Waals surface area contributed by atoms with Gasteiger partial charge in [0.25, 0.3) is 0 Å². The predicted octanol–water partition coefficient (Wildman–Crippen LogP) is 3.48. The van der Waals surface area contributed by atoms with Crippen LogP contribution in [0.5, 0.6) is 5.75 Å². The van der Waals surface area contributed by atoms with Crippen molar-refractivity contribution < 1.29 is 14.3 Å². The normalized spacial score (nSPS) is 21.6. The number of aryl methyl sites for hydroxylation is 2.